The molecule has 1 atom stereocenters. The van der Waals surface area contributed by atoms with Crippen LogP contribution in [-0.2, 0) is 0 Å². The second-order valence-corrected chi connectivity index (χ2v) is 6.83. The molecular weight excluding hydrogens is 373 g/mol. The molecule has 3 aromatic rings. The van der Waals surface area contributed by atoms with Crippen molar-refractivity contribution in [1.29, 1.82) is 0 Å². The van der Waals surface area contributed by atoms with Gasteiger partial charge in [0.25, 0.3) is 5.91 Å². The summed E-state index contributed by atoms with van der Waals surface area (Å²) in [5.41, 5.74) is 1.29. The van der Waals surface area contributed by atoms with Crippen LogP contribution in [0.15, 0.2) is 65.7 Å². The van der Waals surface area contributed by atoms with Crippen LogP contribution in [0.25, 0.3) is 0 Å². The lowest BCUT2D eigenvalue weighted by atomic mass is 10.1. The molecule has 0 radical (unpaired) electrons. The molecule has 4 rings (SSSR count). The first kappa shape index (κ1) is 19.1. The van der Waals surface area contributed by atoms with E-state index in [1.54, 1.807) is 18.4 Å². The van der Waals surface area contributed by atoms with Gasteiger partial charge in [0.05, 0.1) is 18.5 Å². The highest BCUT2D eigenvalue weighted by atomic mass is 19.1. The summed E-state index contributed by atoms with van der Waals surface area (Å²) in [5.74, 6) is 0.309. The maximum absolute atomic E-state index is 13.2. The molecule has 1 aliphatic heterocycles. The normalized spacial score (nSPS) is 15.8. The highest BCUT2D eigenvalue weighted by Crippen LogP contribution is 2.24. The van der Waals surface area contributed by atoms with Gasteiger partial charge >= 0.3 is 0 Å². The summed E-state index contributed by atoms with van der Waals surface area (Å²) in [6.45, 7) is 3.61. The highest BCUT2D eigenvalue weighted by Gasteiger charge is 2.27. The van der Waals surface area contributed by atoms with E-state index in [0.29, 0.717) is 6.54 Å². The van der Waals surface area contributed by atoms with Crippen LogP contribution in [-0.4, -0.2) is 53.5 Å². The molecule has 1 fully saturated rings. The molecule has 29 heavy (non-hydrogen) atoms. The number of hydrogen-bond donors (Lipinski definition) is 1. The van der Waals surface area contributed by atoms with Crippen LogP contribution >= 0.6 is 0 Å². The number of halogens is 1. The Balaban J connectivity index is 1.40. The monoisotopic (exact) mass is 395 g/mol. The minimum Gasteiger partial charge on any atom is -0.468 e. The molecule has 2 aromatic heterocycles. The Morgan fingerprint density at radius 3 is 2.59 bits per heavy atom. The molecule has 7 nitrogen and oxygen atoms in total. The first-order valence-corrected chi connectivity index (χ1v) is 9.53. The van der Waals surface area contributed by atoms with Gasteiger partial charge in [0.2, 0.25) is 0 Å². The third kappa shape index (κ3) is 4.60. The lowest BCUT2D eigenvalue weighted by molar-refractivity contribution is 0.0917. The second kappa shape index (κ2) is 8.83. The fourth-order valence-electron chi connectivity index (χ4n) is 3.53. The Hall–Kier alpha value is -3.26. The molecular formula is C21H22FN5O2. The van der Waals surface area contributed by atoms with E-state index in [0.717, 1.165) is 37.6 Å². The van der Waals surface area contributed by atoms with Gasteiger partial charge in [-0.3, -0.25) is 14.7 Å². The smallest absolute Gasteiger partial charge is 0.271 e. The third-order valence-corrected chi connectivity index (χ3v) is 5.07. The first-order chi connectivity index (χ1) is 14.2. The minimum absolute atomic E-state index is 0.0824. The van der Waals surface area contributed by atoms with Crippen molar-refractivity contribution in [3.63, 3.8) is 0 Å². The van der Waals surface area contributed by atoms with Gasteiger partial charge in [-0.25, -0.2) is 9.37 Å². The summed E-state index contributed by atoms with van der Waals surface area (Å²) < 4.78 is 18.8. The summed E-state index contributed by atoms with van der Waals surface area (Å²) >= 11 is 0. The quantitative estimate of drug-likeness (QED) is 0.691. The van der Waals surface area contributed by atoms with Gasteiger partial charge in [-0.15, -0.1) is 0 Å². The molecule has 1 aromatic carbocycles. The molecule has 0 spiro atoms. The fourth-order valence-corrected chi connectivity index (χ4v) is 3.53. The number of nitrogens with zero attached hydrogens (tertiary/aromatic N) is 4. The van der Waals surface area contributed by atoms with Crippen molar-refractivity contribution in [3.8, 4) is 0 Å². The van der Waals surface area contributed by atoms with Crippen LogP contribution in [0.1, 0.15) is 22.3 Å². The molecule has 0 saturated carbocycles. The van der Waals surface area contributed by atoms with Crippen molar-refractivity contribution in [2.75, 3.05) is 37.6 Å². The molecule has 1 unspecified atom stereocenters. The Morgan fingerprint density at radius 2 is 1.93 bits per heavy atom. The van der Waals surface area contributed by atoms with Crippen LogP contribution in [0.5, 0.6) is 0 Å². The lowest BCUT2D eigenvalue weighted by Gasteiger charge is -2.39. The van der Waals surface area contributed by atoms with Crippen molar-refractivity contribution in [1.82, 2.24) is 20.2 Å². The molecule has 1 N–H and O–H groups in total. The van der Waals surface area contributed by atoms with Gasteiger partial charge in [0.1, 0.15) is 17.3 Å². The van der Waals surface area contributed by atoms with Gasteiger partial charge in [0.15, 0.2) is 0 Å². The van der Waals surface area contributed by atoms with Crippen molar-refractivity contribution >= 4 is 11.6 Å². The topological polar surface area (TPSA) is 74.5 Å². The SMILES string of the molecule is O=C(NCC(c1ccco1)N1CCN(c2ccc(F)cc2)CC1)c1cnccn1. The number of amides is 1. The molecule has 0 bridgehead atoms. The summed E-state index contributed by atoms with van der Waals surface area (Å²) in [6.07, 6.45) is 6.11. The zero-order chi connectivity index (χ0) is 20.1. The molecule has 8 heteroatoms. The van der Waals surface area contributed by atoms with E-state index in [9.17, 15) is 9.18 Å². The van der Waals surface area contributed by atoms with Crippen LogP contribution in [0.3, 0.4) is 0 Å². The van der Waals surface area contributed by atoms with E-state index in [4.69, 9.17) is 4.42 Å². The Bertz CT molecular complexity index is 910. The second-order valence-electron chi connectivity index (χ2n) is 6.83. The van der Waals surface area contributed by atoms with Crippen molar-refractivity contribution in [2.24, 2.45) is 0 Å². The van der Waals surface area contributed by atoms with Gasteiger partial charge in [-0.1, -0.05) is 0 Å². The van der Waals surface area contributed by atoms with Crippen LogP contribution in [0, 0.1) is 5.82 Å². The van der Waals surface area contributed by atoms with Gasteiger partial charge in [-0.2, -0.15) is 0 Å². The van der Waals surface area contributed by atoms with Crippen molar-refractivity contribution in [2.45, 2.75) is 6.04 Å². The zero-order valence-corrected chi connectivity index (χ0v) is 15.9. The summed E-state index contributed by atoms with van der Waals surface area (Å²) in [4.78, 5) is 24.9. The Morgan fingerprint density at radius 1 is 1.14 bits per heavy atom. The Labute approximate surface area is 168 Å². The average molecular weight is 395 g/mol. The summed E-state index contributed by atoms with van der Waals surface area (Å²) in [6, 6.07) is 10.3. The molecule has 3 heterocycles. The number of piperazine rings is 1. The van der Waals surface area contributed by atoms with E-state index in [-0.39, 0.29) is 23.5 Å². The molecule has 1 aliphatic rings. The van der Waals surface area contributed by atoms with Gasteiger partial charge in [0, 0.05) is 50.8 Å². The number of rotatable bonds is 6. The van der Waals surface area contributed by atoms with E-state index < -0.39 is 0 Å². The van der Waals surface area contributed by atoms with Crippen LogP contribution in [0.4, 0.5) is 10.1 Å². The summed E-state index contributed by atoms with van der Waals surface area (Å²) in [5, 5.41) is 2.94. The zero-order valence-electron chi connectivity index (χ0n) is 15.9. The minimum atomic E-state index is -0.264. The number of carbonyl (C=O) groups excluding carboxylic acids is 1. The first-order valence-electron chi connectivity index (χ1n) is 9.53. The Kier molecular flexibility index (Phi) is 5.81. The van der Waals surface area contributed by atoms with Crippen molar-refractivity contribution in [3.05, 3.63) is 78.5 Å². The largest absolute Gasteiger partial charge is 0.468 e. The maximum Gasteiger partial charge on any atom is 0.271 e. The van der Waals surface area contributed by atoms with E-state index >= 15 is 0 Å². The predicted octanol–water partition coefficient (Wildman–Crippen LogP) is 2.50. The molecule has 0 aliphatic carbocycles. The molecule has 1 amide bonds. The fraction of sp³-hybridized carbons (Fsp3) is 0.286. The third-order valence-electron chi connectivity index (χ3n) is 5.07. The number of furan rings is 1. The molecule has 1 saturated heterocycles. The van der Waals surface area contributed by atoms with E-state index in [1.807, 2.05) is 12.1 Å². The van der Waals surface area contributed by atoms with Gasteiger partial charge < -0.3 is 14.6 Å². The van der Waals surface area contributed by atoms with Crippen LogP contribution < -0.4 is 10.2 Å². The number of anilines is 1. The number of carbonyl (C=O) groups is 1. The van der Waals surface area contributed by atoms with E-state index in [2.05, 4.69) is 25.1 Å². The van der Waals surface area contributed by atoms with Crippen molar-refractivity contribution < 1.29 is 13.6 Å². The number of benzene rings is 1. The number of hydrogen-bond acceptors (Lipinski definition) is 6. The predicted molar refractivity (Wildman–Crippen MR) is 106 cm³/mol. The molecule has 150 valence electrons. The average Bonchev–Trinajstić information content (AvgIpc) is 3.30. The van der Waals surface area contributed by atoms with Crippen LogP contribution in [0.2, 0.25) is 0 Å². The maximum atomic E-state index is 13.2. The van der Waals surface area contributed by atoms with Gasteiger partial charge in [-0.05, 0) is 36.4 Å². The standard InChI is InChI=1S/C21H22FN5O2/c22-16-3-5-17(6-4-16)26-9-11-27(12-10-26)19(20-2-1-13-29-20)15-25-21(28)18-14-23-7-8-24-18/h1-8,13-14,19H,9-12,15H2,(H,25,28). The summed E-state index contributed by atoms with van der Waals surface area (Å²) in [7, 11) is 0. The number of nitrogens with one attached hydrogen (secondary N) is 1. The van der Waals surface area contributed by atoms with E-state index in [1.165, 1.54) is 30.7 Å². The highest BCUT2D eigenvalue weighted by molar-refractivity contribution is 5.91. The lowest BCUT2D eigenvalue weighted by Crippen LogP contribution is -2.49. The number of aromatic nitrogens is 2.